The number of hydrogen-bond donors (Lipinski definition) is 3. The Morgan fingerprint density at radius 3 is 2.50 bits per heavy atom. The Hall–Kier alpha value is -2.62. The molecule has 0 unspecified atom stereocenters. The van der Waals surface area contributed by atoms with E-state index in [1.54, 1.807) is 13.1 Å². The van der Waals surface area contributed by atoms with Gasteiger partial charge in [-0.25, -0.2) is 13.8 Å². The number of aliphatic hydroxyl groups excluding tert-OH is 1. The van der Waals surface area contributed by atoms with E-state index in [1.165, 1.54) is 5.56 Å². The SMILES string of the molecule is CC[C@H](Nc1ncc2c(-c3ccc(CN4CCNCC4)cc3)cn(C3CCC(O)CC3)c2n1)C(F)F. The van der Waals surface area contributed by atoms with E-state index in [2.05, 4.69) is 55.5 Å². The highest BCUT2D eigenvalue weighted by Gasteiger charge is 2.25. The molecule has 1 atom stereocenters. The highest BCUT2D eigenvalue weighted by atomic mass is 19.3. The van der Waals surface area contributed by atoms with Crippen LogP contribution in [-0.2, 0) is 6.54 Å². The van der Waals surface area contributed by atoms with Crippen molar-refractivity contribution >= 4 is 17.0 Å². The molecule has 2 aromatic heterocycles. The van der Waals surface area contributed by atoms with Gasteiger partial charge in [-0.2, -0.15) is 4.98 Å². The number of aromatic nitrogens is 3. The highest BCUT2D eigenvalue weighted by Crippen LogP contribution is 2.37. The fourth-order valence-corrected chi connectivity index (χ4v) is 5.37. The zero-order valence-corrected chi connectivity index (χ0v) is 20.8. The molecular formula is C27H36F2N6O. The Bertz CT molecular complexity index is 1140. The number of benzene rings is 1. The molecule has 3 heterocycles. The summed E-state index contributed by atoms with van der Waals surface area (Å²) in [5.74, 6) is 0.225. The predicted molar refractivity (Wildman–Crippen MR) is 138 cm³/mol. The minimum Gasteiger partial charge on any atom is -0.393 e. The van der Waals surface area contributed by atoms with Gasteiger partial charge >= 0.3 is 0 Å². The molecule has 1 aliphatic heterocycles. The standard InChI is InChI=1S/C27H36F2N6O/c1-2-24(25(28)29)32-27-31-15-22-23(17-35(26(22)33-27)20-7-9-21(36)10-8-20)19-5-3-18(4-6-19)16-34-13-11-30-12-14-34/h3-6,15,17,20-21,24-25,30,36H,2,7-14,16H2,1H3,(H,31,32,33)/t20?,21?,24-/m0/s1. The third-order valence-electron chi connectivity index (χ3n) is 7.57. The van der Waals surface area contributed by atoms with Crippen LogP contribution in [0.25, 0.3) is 22.2 Å². The predicted octanol–water partition coefficient (Wildman–Crippen LogP) is 4.44. The lowest BCUT2D eigenvalue weighted by Crippen LogP contribution is -2.42. The van der Waals surface area contributed by atoms with E-state index in [-0.39, 0.29) is 24.5 Å². The van der Waals surface area contributed by atoms with Crippen molar-refractivity contribution < 1.29 is 13.9 Å². The van der Waals surface area contributed by atoms with Crippen LogP contribution in [0, 0.1) is 0 Å². The number of rotatable bonds is 8. The van der Waals surface area contributed by atoms with Crippen LogP contribution in [0.2, 0.25) is 0 Å². The normalized spacial score (nSPS) is 22.2. The van der Waals surface area contributed by atoms with Gasteiger partial charge < -0.3 is 20.3 Å². The number of aliphatic hydroxyl groups is 1. The van der Waals surface area contributed by atoms with Crippen LogP contribution in [-0.4, -0.2) is 69.3 Å². The highest BCUT2D eigenvalue weighted by molar-refractivity contribution is 5.94. The summed E-state index contributed by atoms with van der Waals surface area (Å²) in [6, 6.07) is 7.88. The zero-order chi connectivity index (χ0) is 25.1. The summed E-state index contributed by atoms with van der Waals surface area (Å²) in [5.41, 5.74) is 4.16. The van der Waals surface area contributed by atoms with Gasteiger partial charge in [0.25, 0.3) is 6.43 Å². The van der Waals surface area contributed by atoms with E-state index in [4.69, 9.17) is 4.98 Å². The molecule has 7 nitrogen and oxygen atoms in total. The van der Waals surface area contributed by atoms with Crippen molar-refractivity contribution in [2.24, 2.45) is 0 Å². The Labute approximate surface area is 210 Å². The second-order valence-electron chi connectivity index (χ2n) is 10.1. The van der Waals surface area contributed by atoms with Crippen LogP contribution < -0.4 is 10.6 Å². The van der Waals surface area contributed by atoms with Crippen molar-refractivity contribution in [1.29, 1.82) is 0 Å². The zero-order valence-electron chi connectivity index (χ0n) is 20.8. The smallest absolute Gasteiger partial charge is 0.258 e. The maximum absolute atomic E-state index is 13.4. The second kappa shape index (κ2) is 11.2. The van der Waals surface area contributed by atoms with E-state index < -0.39 is 12.5 Å². The molecule has 3 N–H and O–H groups in total. The van der Waals surface area contributed by atoms with E-state index in [0.717, 1.165) is 80.6 Å². The maximum Gasteiger partial charge on any atom is 0.258 e. The molecule has 0 spiro atoms. The molecule has 194 valence electrons. The Morgan fingerprint density at radius 1 is 1.11 bits per heavy atom. The first-order valence-corrected chi connectivity index (χ1v) is 13.1. The first kappa shape index (κ1) is 25.0. The van der Waals surface area contributed by atoms with Crippen LogP contribution in [0.15, 0.2) is 36.7 Å². The quantitative estimate of drug-likeness (QED) is 0.426. The number of fused-ring (bicyclic) bond motifs is 1. The van der Waals surface area contributed by atoms with Crippen molar-refractivity contribution in [2.75, 3.05) is 31.5 Å². The van der Waals surface area contributed by atoms with Gasteiger partial charge in [-0.15, -0.1) is 0 Å². The number of alkyl halides is 2. The number of anilines is 1. The molecule has 9 heteroatoms. The Balaban J connectivity index is 1.46. The summed E-state index contributed by atoms with van der Waals surface area (Å²) in [5, 5.41) is 17.1. The fraction of sp³-hybridized carbons (Fsp3) is 0.556. The summed E-state index contributed by atoms with van der Waals surface area (Å²) in [4.78, 5) is 11.6. The Morgan fingerprint density at radius 2 is 1.83 bits per heavy atom. The number of piperazine rings is 1. The number of nitrogens with one attached hydrogen (secondary N) is 2. The first-order valence-electron chi connectivity index (χ1n) is 13.1. The molecule has 1 aliphatic carbocycles. The monoisotopic (exact) mass is 498 g/mol. The summed E-state index contributed by atoms with van der Waals surface area (Å²) < 4.78 is 28.9. The van der Waals surface area contributed by atoms with Crippen molar-refractivity contribution in [3.63, 3.8) is 0 Å². The number of halogens is 2. The van der Waals surface area contributed by atoms with Gasteiger partial charge in [-0.05, 0) is 43.2 Å². The average Bonchev–Trinajstić information content (AvgIpc) is 3.27. The van der Waals surface area contributed by atoms with Gasteiger partial charge in [0.1, 0.15) is 5.65 Å². The van der Waals surface area contributed by atoms with Gasteiger partial charge in [0.2, 0.25) is 5.95 Å². The number of nitrogens with zero attached hydrogens (tertiary/aromatic N) is 4. The fourth-order valence-electron chi connectivity index (χ4n) is 5.37. The lowest BCUT2D eigenvalue weighted by molar-refractivity contribution is 0.111. The molecule has 3 aromatic rings. The van der Waals surface area contributed by atoms with Crippen LogP contribution in [0.3, 0.4) is 0 Å². The van der Waals surface area contributed by atoms with Gasteiger partial charge in [-0.1, -0.05) is 31.2 Å². The third-order valence-corrected chi connectivity index (χ3v) is 7.57. The molecule has 0 amide bonds. The summed E-state index contributed by atoms with van der Waals surface area (Å²) in [6.07, 6.45) is 4.63. The molecule has 2 aliphatic rings. The molecule has 0 bridgehead atoms. The van der Waals surface area contributed by atoms with E-state index in [1.807, 2.05) is 0 Å². The molecule has 36 heavy (non-hydrogen) atoms. The van der Waals surface area contributed by atoms with Crippen molar-refractivity contribution in [1.82, 2.24) is 24.8 Å². The lowest BCUT2D eigenvalue weighted by atomic mass is 9.93. The topological polar surface area (TPSA) is 78.2 Å². The van der Waals surface area contributed by atoms with Crippen LogP contribution in [0.5, 0.6) is 0 Å². The molecule has 1 saturated carbocycles. The van der Waals surface area contributed by atoms with Crippen molar-refractivity contribution in [3.8, 4) is 11.1 Å². The molecular weight excluding hydrogens is 462 g/mol. The summed E-state index contributed by atoms with van der Waals surface area (Å²) >= 11 is 0. The van der Waals surface area contributed by atoms with Gasteiger partial charge in [0.05, 0.1) is 12.1 Å². The first-order chi connectivity index (χ1) is 17.5. The van der Waals surface area contributed by atoms with Gasteiger partial charge in [0.15, 0.2) is 0 Å². The summed E-state index contributed by atoms with van der Waals surface area (Å²) in [6.45, 7) is 6.84. The van der Waals surface area contributed by atoms with E-state index in [9.17, 15) is 13.9 Å². The average molecular weight is 499 g/mol. The molecule has 1 aromatic carbocycles. The molecule has 0 radical (unpaired) electrons. The van der Waals surface area contributed by atoms with E-state index >= 15 is 0 Å². The molecule has 2 fully saturated rings. The largest absolute Gasteiger partial charge is 0.393 e. The lowest BCUT2D eigenvalue weighted by Gasteiger charge is -2.27. The van der Waals surface area contributed by atoms with Gasteiger partial charge in [-0.3, -0.25) is 4.90 Å². The number of hydrogen-bond acceptors (Lipinski definition) is 6. The minimum absolute atomic E-state index is 0.205. The van der Waals surface area contributed by atoms with Crippen LogP contribution in [0.1, 0.15) is 50.6 Å². The molecule has 5 rings (SSSR count). The van der Waals surface area contributed by atoms with Crippen LogP contribution in [0.4, 0.5) is 14.7 Å². The van der Waals surface area contributed by atoms with Crippen LogP contribution >= 0.6 is 0 Å². The summed E-state index contributed by atoms with van der Waals surface area (Å²) in [7, 11) is 0. The van der Waals surface area contributed by atoms with Crippen molar-refractivity contribution in [3.05, 3.63) is 42.2 Å². The Kier molecular flexibility index (Phi) is 7.79. The second-order valence-corrected chi connectivity index (χ2v) is 10.1. The van der Waals surface area contributed by atoms with Crippen molar-refractivity contribution in [2.45, 2.75) is 70.2 Å². The maximum atomic E-state index is 13.4. The third kappa shape index (κ3) is 5.53. The molecule has 1 saturated heterocycles. The minimum atomic E-state index is -2.49. The van der Waals surface area contributed by atoms with E-state index in [0.29, 0.717) is 0 Å². The van der Waals surface area contributed by atoms with Gasteiger partial charge in [0, 0.05) is 62.1 Å².